The van der Waals surface area contributed by atoms with Crippen LogP contribution in [0, 0.1) is 5.92 Å². The van der Waals surface area contributed by atoms with Crippen LogP contribution in [0.25, 0.3) is 0 Å². The van der Waals surface area contributed by atoms with Crippen LogP contribution >= 0.6 is 33.1 Å². The molecule has 0 bridgehead atoms. The lowest BCUT2D eigenvalue weighted by atomic mass is 10.1. The predicted octanol–water partition coefficient (Wildman–Crippen LogP) is 3.83. The summed E-state index contributed by atoms with van der Waals surface area (Å²) in [5.74, 6) is 1.01. The Morgan fingerprint density at radius 2 is 2.20 bits per heavy atom. The molecule has 0 nitrogen and oxygen atoms in total. The number of hydrogen-bond acceptors (Lipinski definition) is 0. The molecule has 0 radical (unpaired) electrons. The van der Waals surface area contributed by atoms with Crippen LogP contribution < -0.4 is 0 Å². The monoisotopic (exact) mass is 212 g/mol. The lowest BCUT2D eigenvalue weighted by molar-refractivity contribution is 0.623. The van der Waals surface area contributed by atoms with Crippen LogP contribution in [0.15, 0.2) is 0 Å². The smallest absolute Gasteiger partial charge is 0.0110 e. The fourth-order valence-electron chi connectivity index (χ4n) is 1.63. The normalized spacial score (nSPS) is 37.5. The molecule has 0 saturated heterocycles. The van der Waals surface area contributed by atoms with Gasteiger partial charge in [0.2, 0.25) is 0 Å². The molecule has 1 aliphatic rings. The second-order valence-corrected chi connectivity index (χ2v) is 12.6. The van der Waals surface area contributed by atoms with Crippen molar-refractivity contribution < 1.29 is 0 Å². The van der Waals surface area contributed by atoms with Crippen LogP contribution in [0.4, 0.5) is 0 Å². The molecule has 4 heteroatoms. The van der Waals surface area contributed by atoms with E-state index < -0.39 is 0 Å². The Kier molecular flexibility index (Phi) is 4.58. The topological polar surface area (TPSA) is 0 Å². The van der Waals surface area contributed by atoms with Crippen LogP contribution in [0.3, 0.4) is 0 Å². The van der Waals surface area contributed by atoms with Crippen LogP contribution in [-0.4, -0.2) is 5.66 Å². The molecule has 0 spiro atoms. The van der Waals surface area contributed by atoms with Gasteiger partial charge < -0.3 is 0 Å². The van der Waals surface area contributed by atoms with Crippen molar-refractivity contribution >= 4 is 33.1 Å². The van der Waals surface area contributed by atoms with Crippen molar-refractivity contribution in [2.45, 2.75) is 31.8 Å². The van der Waals surface area contributed by atoms with Crippen molar-refractivity contribution in [1.82, 2.24) is 0 Å². The van der Waals surface area contributed by atoms with Gasteiger partial charge in [-0.1, -0.05) is 35.0 Å². The Bertz CT molecular complexity index is 106. The quantitative estimate of drug-likeness (QED) is 0.610. The molecule has 0 heterocycles. The molecule has 1 rings (SSSR count). The van der Waals surface area contributed by atoms with E-state index in [9.17, 15) is 0 Å². The highest BCUT2D eigenvalue weighted by Gasteiger charge is 2.27. The molecule has 0 aromatic carbocycles. The summed E-state index contributed by atoms with van der Waals surface area (Å²) >= 11 is 0. The first kappa shape index (κ1) is 9.81. The zero-order chi connectivity index (χ0) is 7.56. The molecule has 60 valence electrons. The molecule has 1 saturated carbocycles. The summed E-state index contributed by atoms with van der Waals surface area (Å²) in [5.41, 5.74) is 1.07. The van der Waals surface area contributed by atoms with Crippen LogP contribution in [0.1, 0.15) is 26.2 Å². The zero-order valence-electron chi connectivity index (χ0n) is 6.38. The van der Waals surface area contributed by atoms with Gasteiger partial charge in [-0.2, -0.15) is 0 Å². The van der Waals surface area contributed by atoms with E-state index in [1.807, 2.05) is 0 Å². The molecule has 0 aliphatic heterocycles. The van der Waals surface area contributed by atoms with Gasteiger partial charge in [0.25, 0.3) is 0 Å². The summed E-state index contributed by atoms with van der Waals surface area (Å²) in [6, 6.07) is 0. The van der Waals surface area contributed by atoms with Gasteiger partial charge in [-0.3, -0.25) is 0 Å². The molecule has 0 aromatic rings. The third kappa shape index (κ3) is 2.35. The minimum atomic E-state index is 0.289. The minimum Gasteiger partial charge on any atom is -0.110 e. The number of rotatable bonds is 2. The van der Waals surface area contributed by atoms with E-state index in [4.69, 9.17) is 0 Å². The van der Waals surface area contributed by atoms with Crippen LogP contribution in [0.5, 0.6) is 0 Å². The Balaban J connectivity index is 2.38. The van der Waals surface area contributed by atoms with E-state index >= 15 is 0 Å². The Hall–Kier alpha value is 1.72. The molecule has 0 N–H and O–H groups in total. The van der Waals surface area contributed by atoms with Gasteiger partial charge in [0, 0.05) is 0 Å². The molecular weight excluding hydrogens is 196 g/mol. The molecular formula is C6H16P4. The average Bonchev–Trinajstić information content (AvgIpc) is 2.34. The van der Waals surface area contributed by atoms with E-state index in [-0.39, 0.29) is 7.30 Å². The third-order valence-electron chi connectivity index (χ3n) is 2.32. The van der Waals surface area contributed by atoms with E-state index in [1.54, 1.807) is 0 Å². The van der Waals surface area contributed by atoms with Crippen molar-refractivity contribution in [1.29, 1.82) is 0 Å². The summed E-state index contributed by atoms with van der Waals surface area (Å²) in [6.45, 7) is 2.42. The van der Waals surface area contributed by atoms with Gasteiger partial charge in [-0.25, -0.2) is 0 Å². The van der Waals surface area contributed by atoms with E-state index in [0.29, 0.717) is 0 Å². The van der Waals surface area contributed by atoms with Gasteiger partial charge in [0.15, 0.2) is 0 Å². The van der Waals surface area contributed by atoms with Gasteiger partial charge in [0.05, 0.1) is 0 Å². The predicted molar refractivity (Wildman–Crippen MR) is 61.5 cm³/mol. The summed E-state index contributed by atoms with van der Waals surface area (Å²) in [4.78, 5) is 0. The second-order valence-electron chi connectivity index (χ2n) is 3.01. The second kappa shape index (κ2) is 4.67. The highest BCUT2D eigenvalue weighted by Crippen LogP contribution is 2.72. The maximum absolute atomic E-state index is 3.06. The molecule has 10 heavy (non-hydrogen) atoms. The summed E-state index contributed by atoms with van der Waals surface area (Å²) < 4.78 is 0. The molecule has 0 aromatic heterocycles. The molecule has 4 unspecified atom stereocenters. The van der Waals surface area contributed by atoms with Crippen molar-refractivity contribution in [2.24, 2.45) is 5.92 Å². The van der Waals surface area contributed by atoms with Gasteiger partial charge in [-0.05, 0) is 18.0 Å². The molecule has 0 amide bonds. The number of hydrogen-bond donors (Lipinski definition) is 0. The van der Waals surface area contributed by atoms with Gasteiger partial charge in [-0.15, -0.1) is 17.9 Å². The highest BCUT2D eigenvalue weighted by molar-refractivity contribution is 8.61. The van der Waals surface area contributed by atoms with Crippen molar-refractivity contribution in [3.63, 3.8) is 0 Å². The first-order chi connectivity index (χ1) is 4.75. The maximum Gasteiger partial charge on any atom is -0.0110 e. The standard InChI is InChI=1S/C6H16P4/c1-5-3-2-4-6(5)10(8)9-7/h5-6,9H,2-4,7-8H2,1H3/t5-,6-,10?/m0/s1. The van der Waals surface area contributed by atoms with Gasteiger partial charge >= 0.3 is 0 Å². The molecule has 6 atom stereocenters. The first-order valence-corrected chi connectivity index (χ1v) is 10.4. The lowest BCUT2D eigenvalue weighted by Gasteiger charge is -2.21. The fraction of sp³-hybridized carbons (Fsp3) is 1.00. The van der Waals surface area contributed by atoms with Crippen LogP contribution in [0.2, 0.25) is 0 Å². The van der Waals surface area contributed by atoms with Crippen molar-refractivity contribution in [3.8, 4) is 0 Å². The largest absolute Gasteiger partial charge is 0.110 e. The zero-order valence-corrected chi connectivity index (χ0v) is 10.6. The average molecular weight is 212 g/mol. The summed E-state index contributed by atoms with van der Waals surface area (Å²) in [5, 5.41) is 0. The van der Waals surface area contributed by atoms with E-state index in [0.717, 1.165) is 19.5 Å². The molecule has 1 aliphatic carbocycles. The summed E-state index contributed by atoms with van der Waals surface area (Å²) in [6.07, 6.45) is 4.46. The van der Waals surface area contributed by atoms with E-state index in [2.05, 4.69) is 24.8 Å². The Morgan fingerprint density at radius 3 is 2.60 bits per heavy atom. The van der Waals surface area contributed by atoms with Crippen LogP contribution in [-0.2, 0) is 0 Å². The van der Waals surface area contributed by atoms with Crippen molar-refractivity contribution in [2.75, 3.05) is 0 Å². The highest BCUT2D eigenvalue weighted by atomic mass is 32.6. The minimum absolute atomic E-state index is 0.289. The SMILES string of the molecule is C[C@H]1CCC[C@@H]1P(P)PP. The fourth-order valence-corrected chi connectivity index (χ4v) is 7.76. The summed E-state index contributed by atoms with van der Waals surface area (Å²) in [7, 11) is 7.34. The Labute approximate surface area is 71.3 Å². The van der Waals surface area contributed by atoms with Crippen molar-refractivity contribution in [3.05, 3.63) is 0 Å². The maximum atomic E-state index is 3.06. The Morgan fingerprint density at radius 1 is 1.50 bits per heavy atom. The third-order valence-corrected chi connectivity index (χ3v) is 13.8. The first-order valence-electron chi connectivity index (χ1n) is 3.76. The van der Waals surface area contributed by atoms with E-state index in [1.165, 1.54) is 19.3 Å². The molecule has 1 fully saturated rings. The lowest BCUT2D eigenvalue weighted by Crippen LogP contribution is -2.03. The van der Waals surface area contributed by atoms with Gasteiger partial charge in [0.1, 0.15) is 0 Å².